The number of nitrogens with zero attached hydrogens (tertiary/aromatic N) is 4. The van der Waals surface area contributed by atoms with Crippen molar-refractivity contribution >= 4 is 11.0 Å². The highest BCUT2D eigenvalue weighted by molar-refractivity contribution is 5.74. The summed E-state index contributed by atoms with van der Waals surface area (Å²) in [7, 11) is 0. The second-order valence-corrected chi connectivity index (χ2v) is 5.54. The summed E-state index contributed by atoms with van der Waals surface area (Å²) < 4.78 is 2.14. The standard InChI is InChI=1S/C18H17N5/c1-2-6-14(7-3-1)12-18-20-17(21-22-18)10-11-23-13-19-15-8-4-5-9-16(15)23/h1-9,13H,10-12H2,(H,20,21,22). The molecular formula is C18H17N5. The van der Waals surface area contributed by atoms with Gasteiger partial charge < -0.3 is 4.57 Å². The molecule has 0 atom stereocenters. The predicted octanol–water partition coefficient (Wildman–Crippen LogP) is 2.99. The molecular weight excluding hydrogens is 286 g/mol. The molecule has 0 amide bonds. The van der Waals surface area contributed by atoms with E-state index in [0.717, 1.165) is 42.1 Å². The van der Waals surface area contributed by atoms with Crippen LogP contribution in [0.15, 0.2) is 60.9 Å². The van der Waals surface area contributed by atoms with Gasteiger partial charge >= 0.3 is 0 Å². The van der Waals surface area contributed by atoms with Gasteiger partial charge in [0, 0.05) is 19.4 Å². The summed E-state index contributed by atoms with van der Waals surface area (Å²) in [5.41, 5.74) is 3.40. The van der Waals surface area contributed by atoms with Gasteiger partial charge in [-0.3, -0.25) is 5.10 Å². The molecule has 0 bridgehead atoms. The van der Waals surface area contributed by atoms with Gasteiger partial charge in [-0.15, -0.1) is 0 Å². The molecule has 0 fully saturated rings. The van der Waals surface area contributed by atoms with E-state index in [9.17, 15) is 0 Å². The first-order chi connectivity index (χ1) is 11.4. The molecule has 2 aromatic heterocycles. The van der Waals surface area contributed by atoms with Crippen molar-refractivity contribution in [3.63, 3.8) is 0 Å². The Labute approximate surface area is 134 Å². The minimum absolute atomic E-state index is 0.780. The number of fused-ring (bicyclic) bond motifs is 1. The van der Waals surface area contributed by atoms with Crippen LogP contribution in [0.1, 0.15) is 17.2 Å². The van der Waals surface area contributed by atoms with E-state index in [2.05, 4.69) is 42.9 Å². The fraction of sp³-hybridized carbons (Fsp3) is 0.167. The fourth-order valence-electron chi connectivity index (χ4n) is 2.72. The van der Waals surface area contributed by atoms with Gasteiger partial charge in [-0.2, -0.15) is 5.10 Å². The second-order valence-electron chi connectivity index (χ2n) is 5.54. The van der Waals surface area contributed by atoms with Crippen molar-refractivity contribution in [2.45, 2.75) is 19.4 Å². The number of benzene rings is 2. The lowest BCUT2D eigenvalue weighted by molar-refractivity contribution is 0.689. The van der Waals surface area contributed by atoms with Gasteiger partial charge in [0.05, 0.1) is 17.4 Å². The van der Waals surface area contributed by atoms with E-state index in [1.807, 2.05) is 42.7 Å². The van der Waals surface area contributed by atoms with Crippen LogP contribution in [-0.4, -0.2) is 24.7 Å². The van der Waals surface area contributed by atoms with Crippen LogP contribution in [0, 0.1) is 0 Å². The molecule has 2 heterocycles. The fourth-order valence-corrected chi connectivity index (χ4v) is 2.72. The molecule has 2 aromatic carbocycles. The van der Waals surface area contributed by atoms with Crippen LogP contribution in [-0.2, 0) is 19.4 Å². The van der Waals surface area contributed by atoms with Gasteiger partial charge in [0.15, 0.2) is 5.82 Å². The van der Waals surface area contributed by atoms with Crippen LogP contribution < -0.4 is 0 Å². The number of hydrogen-bond acceptors (Lipinski definition) is 3. The third kappa shape index (κ3) is 2.99. The Morgan fingerprint density at radius 1 is 0.957 bits per heavy atom. The van der Waals surface area contributed by atoms with Gasteiger partial charge in [0.1, 0.15) is 5.82 Å². The molecule has 0 radical (unpaired) electrons. The van der Waals surface area contributed by atoms with Crippen molar-refractivity contribution in [1.82, 2.24) is 24.7 Å². The third-order valence-electron chi connectivity index (χ3n) is 3.90. The number of para-hydroxylation sites is 2. The maximum absolute atomic E-state index is 4.58. The number of H-pyrrole nitrogens is 1. The summed E-state index contributed by atoms with van der Waals surface area (Å²) in [5.74, 6) is 1.75. The first-order valence-electron chi connectivity index (χ1n) is 7.72. The number of aryl methyl sites for hydroxylation is 2. The molecule has 4 rings (SSSR count). The van der Waals surface area contributed by atoms with Gasteiger partial charge in [-0.05, 0) is 17.7 Å². The van der Waals surface area contributed by atoms with Crippen molar-refractivity contribution in [3.8, 4) is 0 Å². The maximum Gasteiger partial charge on any atom is 0.152 e. The Morgan fingerprint density at radius 3 is 2.70 bits per heavy atom. The van der Waals surface area contributed by atoms with Gasteiger partial charge in [-0.25, -0.2) is 9.97 Å². The number of aromatic nitrogens is 5. The van der Waals surface area contributed by atoms with Crippen molar-refractivity contribution in [3.05, 3.63) is 78.1 Å². The Morgan fingerprint density at radius 2 is 1.78 bits per heavy atom. The normalized spacial score (nSPS) is 11.1. The van der Waals surface area contributed by atoms with Crippen LogP contribution in [0.25, 0.3) is 11.0 Å². The molecule has 0 spiro atoms. The molecule has 0 unspecified atom stereocenters. The summed E-state index contributed by atoms with van der Waals surface area (Å²) in [4.78, 5) is 8.99. The van der Waals surface area contributed by atoms with E-state index in [-0.39, 0.29) is 0 Å². The van der Waals surface area contributed by atoms with E-state index >= 15 is 0 Å². The lowest BCUT2D eigenvalue weighted by Crippen LogP contribution is -2.01. The molecule has 5 nitrogen and oxygen atoms in total. The minimum Gasteiger partial charge on any atom is -0.330 e. The van der Waals surface area contributed by atoms with Gasteiger partial charge in [0.2, 0.25) is 0 Å². The van der Waals surface area contributed by atoms with E-state index in [1.165, 1.54) is 5.56 Å². The third-order valence-corrected chi connectivity index (χ3v) is 3.90. The molecule has 4 aromatic rings. The quantitative estimate of drug-likeness (QED) is 0.616. The molecule has 0 aliphatic rings. The first-order valence-corrected chi connectivity index (χ1v) is 7.72. The highest BCUT2D eigenvalue weighted by Gasteiger charge is 2.06. The van der Waals surface area contributed by atoms with Crippen molar-refractivity contribution in [2.24, 2.45) is 0 Å². The van der Waals surface area contributed by atoms with E-state index in [1.54, 1.807) is 0 Å². The monoisotopic (exact) mass is 303 g/mol. The number of rotatable bonds is 5. The van der Waals surface area contributed by atoms with Crippen LogP contribution in [0.2, 0.25) is 0 Å². The van der Waals surface area contributed by atoms with E-state index in [0.29, 0.717) is 0 Å². The zero-order valence-corrected chi connectivity index (χ0v) is 12.7. The molecule has 1 N–H and O–H groups in total. The first kappa shape index (κ1) is 13.7. The Bertz CT molecular complexity index is 907. The number of nitrogens with one attached hydrogen (secondary N) is 1. The summed E-state index contributed by atoms with van der Waals surface area (Å²) in [5, 5.41) is 7.36. The van der Waals surface area contributed by atoms with Crippen LogP contribution >= 0.6 is 0 Å². The average molecular weight is 303 g/mol. The molecule has 0 saturated carbocycles. The predicted molar refractivity (Wildman–Crippen MR) is 89.1 cm³/mol. The summed E-state index contributed by atoms with van der Waals surface area (Å²) in [6.45, 7) is 0.823. The molecule has 0 saturated heterocycles. The Hall–Kier alpha value is -2.95. The maximum atomic E-state index is 4.58. The Balaban J connectivity index is 1.44. The smallest absolute Gasteiger partial charge is 0.152 e. The topological polar surface area (TPSA) is 59.4 Å². The number of aromatic amines is 1. The molecule has 5 heteroatoms. The summed E-state index contributed by atoms with van der Waals surface area (Å²) in [6.07, 6.45) is 3.44. The van der Waals surface area contributed by atoms with Gasteiger partial charge in [0.25, 0.3) is 0 Å². The largest absolute Gasteiger partial charge is 0.330 e. The van der Waals surface area contributed by atoms with Gasteiger partial charge in [-0.1, -0.05) is 42.5 Å². The second kappa shape index (κ2) is 6.04. The van der Waals surface area contributed by atoms with Crippen molar-refractivity contribution in [1.29, 1.82) is 0 Å². The number of hydrogen-bond donors (Lipinski definition) is 1. The zero-order valence-electron chi connectivity index (χ0n) is 12.7. The van der Waals surface area contributed by atoms with Crippen LogP contribution in [0.5, 0.6) is 0 Å². The molecule has 0 aliphatic heterocycles. The molecule has 114 valence electrons. The van der Waals surface area contributed by atoms with E-state index in [4.69, 9.17) is 0 Å². The molecule has 23 heavy (non-hydrogen) atoms. The zero-order chi connectivity index (χ0) is 15.5. The highest BCUT2D eigenvalue weighted by Crippen LogP contribution is 2.12. The summed E-state index contributed by atoms with van der Waals surface area (Å²) >= 11 is 0. The lowest BCUT2D eigenvalue weighted by atomic mass is 10.1. The van der Waals surface area contributed by atoms with Crippen LogP contribution in [0.4, 0.5) is 0 Å². The molecule has 0 aliphatic carbocycles. The average Bonchev–Trinajstić information content (AvgIpc) is 3.21. The van der Waals surface area contributed by atoms with Crippen molar-refractivity contribution < 1.29 is 0 Å². The SMILES string of the molecule is c1ccc(Cc2nc(CCn3cnc4ccccc43)n[nH]2)cc1. The van der Waals surface area contributed by atoms with Crippen LogP contribution in [0.3, 0.4) is 0 Å². The van der Waals surface area contributed by atoms with Crippen molar-refractivity contribution in [2.75, 3.05) is 0 Å². The number of imidazole rings is 1. The Kier molecular flexibility index (Phi) is 3.60. The highest BCUT2D eigenvalue weighted by atomic mass is 15.2. The minimum atomic E-state index is 0.780. The lowest BCUT2D eigenvalue weighted by Gasteiger charge is -2.01. The summed E-state index contributed by atoms with van der Waals surface area (Å²) in [6, 6.07) is 18.4. The van der Waals surface area contributed by atoms with E-state index < -0.39 is 0 Å².